The van der Waals surface area contributed by atoms with Crippen molar-refractivity contribution in [3.8, 4) is 11.5 Å². The van der Waals surface area contributed by atoms with Crippen LogP contribution in [-0.4, -0.2) is 10.2 Å². The molecule has 0 aliphatic heterocycles. The van der Waals surface area contributed by atoms with E-state index in [4.69, 9.17) is 21.8 Å². The first-order chi connectivity index (χ1) is 4.20. The van der Waals surface area contributed by atoms with E-state index < -0.39 is 0 Å². The fourth-order valence-corrected chi connectivity index (χ4v) is 0.617. The molecule has 2 N–H and O–H groups in total. The summed E-state index contributed by atoms with van der Waals surface area (Å²) in [4.78, 5) is 0. The molecule has 0 amide bonds. The highest BCUT2D eigenvalue weighted by Gasteiger charge is 1.96. The summed E-state index contributed by atoms with van der Waals surface area (Å²) in [6.07, 6.45) is 0. The van der Waals surface area contributed by atoms with Crippen LogP contribution < -0.4 is 0 Å². The van der Waals surface area contributed by atoms with E-state index in [1.165, 1.54) is 12.1 Å². The number of halogens is 1. The SMILES string of the molecule is Oc1c[c]c(O)c(Cl)c1. The molecule has 0 spiro atoms. The van der Waals surface area contributed by atoms with Gasteiger partial charge in [-0.25, -0.2) is 0 Å². The molecule has 3 heteroatoms. The van der Waals surface area contributed by atoms with Gasteiger partial charge in [-0.2, -0.15) is 0 Å². The molecule has 0 bridgehead atoms. The lowest BCUT2D eigenvalue weighted by Gasteiger charge is -1.93. The third-order valence-corrected chi connectivity index (χ3v) is 1.15. The van der Waals surface area contributed by atoms with Crippen LogP contribution in [0.5, 0.6) is 11.5 Å². The van der Waals surface area contributed by atoms with Gasteiger partial charge in [-0.05, 0) is 6.07 Å². The average Bonchev–Trinajstić information content (AvgIpc) is 1.80. The van der Waals surface area contributed by atoms with Gasteiger partial charge in [-0.15, -0.1) is 0 Å². The van der Waals surface area contributed by atoms with E-state index in [1.807, 2.05) is 0 Å². The highest BCUT2D eigenvalue weighted by atomic mass is 35.5. The number of phenolic OH excluding ortho intramolecular Hbond substituents is 2. The van der Waals surface area contributed by atoms with Gasteiger partial charge in [0.15, 0.2) is 0 Å². The van der Waals surface area contributed by atoms with Crippen LogP contribution in [0.2, 0.25) is 5.02 Å². The highest BCUT2D eigenvalue weighted by Crippen LogP contribution is 2.25. The molecule has 47 valence electrons. The molecule has 0 aliphatic rings. The van der Waals surface area contributed by atoms with E-state index >= 15 is 0 Å². The molecule has 1 aromatic carbocycles. The van der Waals surface area contributed by atoms with Crippen molar-refractivity contribution in [1.82, 2.24) is 0 Å². The van der Waals surface area contributed by atoms with E-state index in [-0.39, 0.29) is 16.5 Å². The van der Waals surface area contributed by atoms with E-state index in [2.05, 4.69) is 6.07 Å². The lowest BCUT2D eigenvalue weighted by Crippen LogP contribution is -1.67. The molecule has 0 aromatic heterocycles. The molecule has 9 heavy (non-hydrogen) atoms. The Labute approximate surface area is 57.3 Å². The number of phenols is 2. The zero-order valence-electron chi connectivity index (χ0n) is 4.43. The maximum Gasteiger partial charge on any atom is 0.142 e. The van der Waals surface area contributed by atoms with E-state index in [1.54, 1.807) is 0 Å². The van der Waals surface area contributed by atoms with E-state index in [0.717, 1.165) is 0 Å². The first-order valence-corrected chi connectivity index (χ1v) is 2.67. The second-order valence-electron chi connectivity index (χ2n) is 1.55. The molecular formula is C6H4ClO2. The lowest BCUT2D eigenvalue weighted by atomic mass is 10.3. The van der Waals surface area contributed by atoms with Gasteiger partial charge in [-0.1, -0.05) is 11.6 Å². The Morgan fingerprint density at radius 1 is 1.44 bits per heavy atom. The summed E-state index contributed by atoms with van der Waals surface area (Å²) < 4.78 is 0. The minimum absolute atomic E-state index is 0.00204. The summed E-state index contributed by atoms with van der Waals surface area (Å²) in [5.74, 6) is -0.146. The summed E-state index contributed by atoms with van der Waals surface area (Å²) in [6, 6.07) is 4.82. The second-order valence-corrected chi connectivity index (χ2v) is 1.96. The normalized spacial score (nSPS) is 9.44. The Morgan fingerprint density at radius 2 is 2.11 bits per heavy atom. The van der Waals surface area contributed by atoms with Crippen molar-refractivity contribution in [2.45, 2.75) is 0 Å². The van der Waals surface area contributed by atoms with Gasteiger partial charge in [-0.3, -0.25) is 0 Å². The zero-order valence-corrected chi connectivity index (χ0v) is 5.18. The van der Waals surface area contributed by atoms with Crippen LogP contribution in [-0.2, 0) is 0 Å². The summed E-state index contributed by atoms with van der Waals surface area (Å²) in [6.45, 7) is 0. The Bertz CT molecular complexity index is 222. The number of benzene rings is 1. The average molecular weight is 144 g/mol. The van der Waals surface area contributed by atoms with Crippen molar-refractivity contribution in [1.29, 1.82) is 0 Å². The first-order valence-electron chi connectivity index (χ1n) is 2.29. The van der Waals surface area contributed by atoms with E-state index in [0.29, 0.717) is 0 Å². The maximum atomic E-state index is 8.75. The second kappa shape index (κ2) is 2.15. The predicted molar refractivity (Wildman–Crippen MR) is 33.6 cm³/mol. The highest BCUT2D eigenvalue weighted by molar-refractivity contribution is 6.32. The van der Waals surface area contributed by atoms with Crippen LogP contribution in [0, 0.1) is 6.07 Å². The topological polar surface area (TPSA) is 40.5 Å². The molecule has 1 rings (SSSR count). The molecule has 2 nitrogen and oxygen atoms in total. The molecular weight excluding hydrogens is 140 g/mol. The minimum Gasteiger partial charge on any atom is -0.508 e. The van der Waals surface area contributed by atoms with Gasteiger partial charge in [0, 0.05) is 12.1 Å². The molecule has 0 fully saturated rings. The third-order valence-electron chi connectivity index (χ3n) is 0.858. The van der Waals surface area contributed by atoms with Gasteiger partial charge < -0.3 is 10.2 Å². The van der Waals surface area contributed by atoms with Crippen molar-refractivity contribution in [3.05, 3.63) is 23.2 Å². The van der Waals surface area contributed by atoms with Crippen LogP contribution in [0.1, 0.15) is 0 Å². The third kappa shape index (κ3) is 1.27. The first kappa shape index (κ1) is 6.23. The molecule has 0 aliphatic carbocycles. The molecule has 1 aromatic rings. The van der Waals surface area contributed by atoms with E-state index in [9.17, 15) is 0 Å². The van der Waals surface area contributed by atoms with Crippen LogP contribution in [0.3, 0.4) is 0 Å². The van der Waals surface area contributed by atoms with Gasteiger partial charge >= 0.3 is 0 Å². The molecule has 0 saturated carbocycles. The fraction of sp³-hybridized carbons (Fsp3) is 0. The summed E-state index contributed by atoms with van der Waals surface area (Å²) in [5, 5.41) is 17.6. The summed E-state index contributed by atoms with van der Waals surface area (Å²) in [7, 11) is 0. The van der Waals surface area contributed by atoms with Gasteiger partial charge in [0.05, 0.1) is 5.02 Å². The zero-order chi connectivity index (χ0) is 6.85. The molecule has 0 heterocycles. The van der Waals surface area contributed by atoms with Crippen LogP contribution in [0.25, 0.3) is 0 Å². The lowest BCUT2D eigenvalue weighted by molar-refractivity contribution is 0.459. The number of rotatable bonds is 0. The smallest absolute Gasteiger partial charge is 0.142 e. The molecule has 1 radical (unpaired) electrons. The predicted octanol–water partition coefficient (Wildman–Crippen LogP) is 1.55. The van der Waals surface area contributed by atoms with Crippen molar-refractivity contribution < 1.29 is 10.2 Å². The van der Waals surface area contributed by atoms with Crippen LogP contribution in [0.15, 0.2) is 12.1 Å². The van der Waals surface area contributed by atoms with Crippen molar-refractivity contribution in [3.63, 3.8) is 0 Å². The Hall–Kier alpha value is -0.890. The van der Waals surface area contributed by atoms with Gasteiger partial charge in [0.2, 0.25) is 0 Å². The summed E-state index contributed by atoms with van der Waals surface area (Å²) >= 11 is 5.37. The maximum absolute atomic E-state index is 8.75. The molecule has 0 unspecified atom stereocenters. The van der Waals surface area contributed by atoms with Crippen molar-refractivity contribution >= 4 is 11.6 Å². The minimum atomic E-state index is -0.144. The fourth-order valence-electron chi connectivity index (χ4n) is 0.451. The van der Waals surface area contributed by atoms with Gasteiger partial charge in [0.25, 0.3) is 0 Å². The summed E-state index contributed by atoms with van der Waals surface area (Å²) in [5.41, 5.74) is 0. The van der Waals surface area contributed by atoms with Crippen LogP contribution in [0.4, 0.5) is 0 Å². The molecule has 0 atom stereocenters. The van der Waals surface area contributed by atoms with Crippen molar-refractivity contribution in [2.75, 3.05) is 0 Å². The Morgan fingerprint density at radius 3 is 2.56 bits per heavy atom. The standard InChI is InChI=1S/C6H4ClO2/c7-5-3-4(8)1-2-6(5)9/h1,3,8-9H. The Kier molecular flexibility index (Phi) is 1.49. The van der Waals surface area contributed by atoms with Crippen molar-refractivity contribution in [2.24, 2.45) is 0 Å². The monoisotopic (exact) mass is 143 g/mol. The largest absolute Gasteiger partial charge is 0.508 e. The van der Waals surface area contributed by atoms with Gasteiger partial charge in [0.1, 0.15) is 11.5 Å². The Balaban J connectivity index is 3.17. The number of aromatic hydroxyl groups is 2. The van der Waals surface area contributed by atoms with Crippen LogP contribution >= 0.6 is 11.6 Å². The quantitative estimate of drug-likeness (QED) is 0.541. The number of hydrogen-bond acceptors (Lipinski definition) is 2. The number of hydrogen-bond donors (Lipinski definition) is 2. The molecule has 0 saturated heterocycles.